The molecule has 140 valence electrons. The molecular formula is C16H29NO7. The van der Waals surface area contributed by atoms with Crippen molar-refractivity contribution in [1.29, 1.82) is 0 Å². The average molecular weight is 347 g/mol. The van der Waals surface area contributed by atoms with E-state index < -0.39 is 43.0 Å². The molecule has 2 aliphatic rings. The topological polar surface area (TPSA) is 132 Å². The summed E-state index contributed by atoms with van der Waals surface area (Å²) in [6, 6.07) is 0. The van der Waals surface area contributed by atoms with Crippen molar-refractivity contribution in [3.05, 3.63) is 0 Å². The van der Waals surface area contributed by atoms with E-state index in [4.69, 9.17) is 9.47 Å². The van der Waals surface area contributed by atoms with Gasteiger partial charge in [-0.15, -0.1) is 0 Å². The number of carbonyl (C=O) groups is 1. The van der Waals surface area contributed by atoms with Gasteiger partial charge < -0.3 is 35.2 Å². The molecule has 2 aliphatic heterocycles. The standard InChI is InChI=1S/C16H29NO7/c1-2-3-4-5-6-17-16(22)11(10-8-23-10)15-14(21)13(20)12(19)9(7-18)24-15/h9-15,18-21H,2-8H2,1H3,(H,17,22)/t9-,10?,11?,12+,13+,14-,15?/m1/s1. The normalized spacial score (nSPS) is 37.0. The third kappa shape index (κ3) is 4.65. The van der Waals surface area contributed by atoms with Crippen LogP contribution in [-0.2, 0) is 14.3 Å². The highest BCUT2D eigenvalue weighted by Crippen LogP contribution is 2.32. The maximum absolute atomic E-state index is 12.5. The summed E-state index contributed by atoms with van der Waals surface area (Å²) in [4.78, 5) is 12.5. The number of nitrogens with one attached hydrogen (secondary N) is 1. The third-order valence-electron chi connectivity index (χ3n) is 4.68. The highest BCUT2D eigenvalue weighted by Gasteiger charge is 2.53. The molecule has 0 aromatic heterocycles. The fourth-order valence-electron chi connectivity index (χ4n) is 3.10. The van der Waals surface area contributed by atoms with Gasteiger partial charge in [-0.2, -0.15) is 0 Å². The number of epoxide rings is 1. The highest BCUT2D eigenvalue weighted by molar-refractivity contribution is 5.80. The second kappa shape index (κ2) is 9.07. The Hall–Kier alpha value is -0.770. The molecule has 24 heavy (non-hydrogen) atoms. The van der Waals surface area contributed by atoms with Crippen LogP contribution in [0.3, 0.4) is 0 Å². The van der Waals surface area contributed by atoms with Gasteiger partial charge in [0.1, 0.15) is 30.5 Å². The van der Waals surface area contributed by atoms with Crippen molar-refractivity contribution in [3.8, 4) is 0 Å². The Morgan fingerprint density at radius 2 is 1.88 bits per heavy atom. The van der Waals surface area contributed by atoms with Crippen molar-refractivity contribution >= 4 is 5.91 Å². The van der Waals surface area contributed by atoms with Crippen molar-refractivity contribution in [1.82, 2.24) is 5.32 Å². The lowest BCUT2D eigenvalue weighted by atomic mass is 9.85. The van der Waals surface area contributed by atoms with Gasteiger partial charge in [-0.05, 0) is 6.42 Å². The van der Waals surface area contributed by atoms with E-state index >= 15 is 0 Å². The number of hydrogen-bond acceptors (Lipinski definition) is 7. The van der Waals surface area contributed by atoms with Crippen LogP contribution in [0.1, 0.15) is 32.6 Å². The van der Waals surface area contributed by atoms with Gasteiger partial charge in [0.2, 0.25) is 5.91 Å². The first kappa shape index (κ1) is 19.6. The number of aliphatic hydroxyl groups is 4. The lowest BCUT2D eigenvalue weighted by Crippen LogP contribution is -2.62. The average Bonchev–Trinajstić information content (AvgIpc) is 3.39. The summed E-state index contributed by atoms with van der Waals surface area (Å²) in [5.74, 6) is -1.10. The minimum absolute atomic E-state index is 0.307. The Morgan fingerprint density at radius 1 is 1.17 bits per heavy atom. The lowest BCUT2D eigenvalue weighted by Gasteiger charge is -2.42. The number of unbranched alkanes of at least 4 members (excludes halogenated alkanes) is 3. The van der Waals surface area contributed by atoms with Crippen LogP contribution in [0.5, 0.6) is 0 Å². The van der Waals surface area contributed by atoms with Gasteiger partial charge in [0.15, 0.2) is 0 Å². The molecule has 5 N–H and O–H groups in total. The van der Waals surface area contributed by atoms with Crippen molar-refractivity contribution in [2.75, 3.05) is 19.8 Å². The minimum Gasteiger partial charge on any atom is -0.394 e. The van der Waals surface area contributed by atoms with Crippen LogP contribution in [0.25, 0.3) is 0 Å². The van der Waals surface area contributed by atoms with Crippen LogP contribution >= 0.6 is 0 Å². The van der Waals surface area contributed by atoms with Crippen LogP contribution in [0.2, 0.25) is 0 Å². The van der Waals surface area contributed by atoms with Gasteiger partial charge in [-0.25, -0.2) is 0 Å². The first-order valence-electron chi connectivity index (χ1n) is 8.71. The van der Waals surface area contributed by atoms with E-state index in [0.717, 1.165) is 25.7 Å². The van der Waals surface area contributed by atoms with E-state index in [1.165, 1.54) is 0 Å². The van der Waals surface area contributed by atoms with E-state index in [2.05, 4.69) is 12.2 Å². The second-order valence-corrected chi connectivity index (χ2v) is 6.54. The Bertz CT molecular complexity index is 402. The zero-order chi connectivity index (χ0) is 17.7. The number of ether oxygens (including phenoxy) is 2. The van der Waals surface area contributed by atoms with Crippen LogP contribution in [0, 0.1) is 5.92 Å². The molecule has 0 saturated carbocycles. The summed E-state index contributed by atoms with van der Waals surface area (Å²) in [6.07, 6.45) is -2.68. The van der Waals surface area contributed by atoms with Crippen molar-refractivity contribution < 1.29 is 34.7 Å². The van der Waals surface area contributed by atoms with Gasteiger partial charge in [-0.1, -0.05) is 26.2 Å². The van der Waals surface area contributed by atoms with Gasteiger partial charge >= 0.3 is 0 Å². The molecule has 0 radical (unpaired) electrons. The largest absolute Gasteiger partial charge is 0.394 e. The van der Waals surface area contributed by atoms with Crippen LogP contribution in [0.15, 0.2) is 0 Å². The Morgan fingerprint density at radius 3 is 2.46 bits per heavy atom. The molecule has 3 unspecified atom stereocenters. The summed E-state index contributed by atoms with van der Waals surface area (Å²) >= 11 is 0. The molecular weight excluding hydrogens is 318 g/mol. The van der Waals surface area contributed by atoms with Crippen molar-refractivity contribution in [2.24, 2.45) is 5.92 Å². The minimum atomic E-state index is -1.49. The lowest BCUT2D eigenvalue weighted by molar-refractivity contribution is -0.241. The molecule has 0 spiro atoms. The molecule has 2 heterocycles. The highest BCUT2D eigenvalue weighted by atomic mass is 16.6. The second-order valence-electron chi connectivity index (χ2n) is 6.54. The smallest absolute Gasteiger partial charge is 0.228 e. The summed E-state index contributed by atoms with van der Waals surface area (Å²) in [5, 5.41) is 42.1. The molecule has 0 aliphatic carbocycles. The molecule has 2 fully saturated rings. The first-order valence-corrected chi connectivity index (χ1v) is 8.71. The summed E-state index contributed by atoms with van der Waals surface area (Å²) in [5.41, 5.74) is 0. The Labute approximate surface area is 141 Å². The van der Waals surface area contributed by atoms with Gasteiger partial charge in [0, 0.05) is 6.54 Å². The Kier molecular flexibility index (Phi) is 7.39. The maximum Gasteiger partial charge on any atom is 0.228 e. The molecule has 2 rings (SSSR count). The Balaban J connectivity index is 1.97. The molecule has 2 saturated heterocycles. The van der Waals surface area contributed by atoms with Gasteiger partial charge in [-0.3, -0.25) is 4.79 Å². The van der Waals surface area contributed by atoms with E-state index in [9.17, 15) is 25.2 Å². The monoisotopic (exact) mass is 347 g/mol. The zero-order valence-electron chi connectivity index (χ0n) is 14.0. The van der Waals surface area contributed by atoms with E-state index in [1.54, 1.807) is 0 Å². The summed E-state index contributed by atoms with van der Waals surface area (Å²) < 4.78 is 10.7. The first-order chi connectivity index (χ1) is 11.5. The van der Waals surface area contributed by atoms with Gasteiger partial charge in [0.25, 0.3) is 0 Å². The quantitative estimate of drug-likeness (QED) is 0.254. The fourth-order valence-corrected chi connectivity index (χ4v) is 3.10. The molecule has 0 aromatic carbocycles. The SMILES string of the molecule is CCCCCCNC(=O)C(C1CO1)C1O[C@H](CO)[C@H](O)[C@H](O)[C@H]1O. The number of rotatable bonds is 9. The number of amides is 1. The van der Waals surface area contributed by atoms with Crippen LogP contribution in [0.4, 0.5) is 0 Å². The molecule has 8 nitrogen and oxygen atoms in total. The van der Waals surface area contributed by atoms with E-state index in [1.807, 2.05) is 0 Å². The molecule has 0 aromatic rings. The van der Waals surface area contributed by atoms with Crippen molar-refractivity contribution in [2.45, 2.75) is 69.2 Å². The zero-order valence-corrected chi connectivity index (χ0v) is 14.0. The van der Waals surface area contributed by atoms with E-state index in [-0.39, 0.29) is 12.0 Å². The predicted molar refractivity (Wildman–Crippen MR) is 84.1 cm³/mol. The number of aliphatic hydroxyl groups excluding tert-OH is 4. The third-order valence-corrected chi connectivity index (χ3v) is 4.68. The van der Waals surface area contributed by atoms with Gasteiger partial charge in [0.05, 0.1) is 25.2 Å². The maximum atomic E-state index is 12.5. The molecule has 8 heteroatoms. The molecule has 1 amide bonds. The van der Waals surface area contributed by atoms with Crippen molar-refractivity contribution in [3.63, 3.8) is 0 Å². The number of carbonyl (C=O) groups excluding carboxylic acids is 1. The fraction of sp³-hybridized carbons (Fsp3) is 0.938. The molecule has 7 atom stereocenters. The number of hydrogen-bond donors (Lipinski definition) is 5. The predicted octanol–water partition coefficient (Wildman–Crippen LogP) is -1.46. The van der Waals surface area contributed by atoms with Crippen LogP contribution in [-0.4, -0.2) is 82.7 Å². The summed E-state index contributed by atoms with van der Waals surface area (Å²) in [7, 11) is 0. The van der Waals surface area contributed by atoms with Crippen LogP contribution < -0.4 is 5.32 Å². The van der Waals surface area contributed by atoms with E-state index in [0.29, 0.717) is 13.2 Å². The molecule has 0 bridgehead atoms. The summed E-state index contributed by atoms with van der Waals surface area (Å²) in [6.45, 7) is 2.50.